The molecule has 0 spiro atoms. The fourth-order valence-corrected chi connectivity index (χ4v) is 6.25. The van der Waals surface area contributed by atoms with E-state index in [-0.39, 0.29) is 6.97 Å². The monoisotopic (exact) mass is 454 g/mol. The zero-order valence-corrected chi connectivity index (χ0v) is 20.3. The minimum Gasteiger partial charge on any atom is -0.383 e. The van der Waals surface area contributed by atoms with Gasteiger partial charge in [-0.15, -0.1) is 0 Å². The molecular formula is C24H38N8O. The molecule has 2 aromatic heterocycles. The molecule has 0 atom stereocenters. The Labute approximate surface area is 196 Å². The molecule has 0 radical (unpaired) electrons. The number of anilines is 2. The van der Waals surface area contributed by atoms with E-state index in [1.165, 1.54) is 11.3 Å². The Morgan fingerprint density at radius 1 is 1.15 bits per heavy atom. The molecule has 3 saturated carbocycles. The predicted molar refractivity (Wildman–Crippen MR) is 130 cm³/mol. The van der Waals surface area contributed by atoms with Gasteiger partial charge >= 0.3 is 0 Å². The largest absolute Gasteiger partial charge is 0.383 e. The molecule has 2 bridgehead atoms. The minimum atomic E-state index is -0.0455. The van der Waals surface area contributed by atoms with Crippen LogP contribution in [0, 0.1) is 24.7 Å². The maximum atomic E-state index is 9.62. The first-order valence-electron chi connectivity index (χ1n) is 12.1. The number of hydrogen-bond donors (Lipinski definition) is 4. The summed E-state index contributed by atoms with van der Waals surface area (Å²) in [5.41, 5.74) is 8.59. The van der Waals surface area contributed by atoms with Crippen molar-refractivity contribution in [2.75, 3.05) is 23.8 Å². The summed E-state index contributed by atoms with van der Waals surface area (Å²) in [6, 6.07) is 0. The van der Waals surface area contributed by atoms with Crippen LogP contribution in [0.4, 0.5) is 11.5 Å². The maximum Gasteiger partial charge on any atom is 0.156 e. The van der Waals surface area contributed by atoms with Crippen LogP contribution < -0.4 is 15.7 Å². The van der Waals surface area contributed by atoms with Crippen molar-refractivity contribution in [3.63, 3.8) is 0 Å². The number of nitrogens with one attached hydrogen (secondary N) is 3. The molecule has 2 aromatic rings. The standard InChI is InChI=1S/C24H36N8O.H2/c1-15(25)20-21(26-4)22(28-17(3)27-20)31-12-5-19-18(13-31)16(2)29-32(19)14-23-6-9-24(30-33,10-7-23)11-8-23;/h25-26,30,33H,5-14H2,1-4H3;1H. The number of aryl methyl sites for hydroxylation is 2. The summed E-state index contributed by atoms with van der Waals surface area (Å²) in [5.74, 6) is 1.56. The van der Waals surface area contributed by atoms with Gasteiger partial charge in [0.1, 0.15) is 17.2 Å². The molecule has 3 heterocycles. The van der Waals surface area contributed by atoms with Crippen LogP contribution in [-0.2, 0) is 19.5 Å². The van der Waals surface area contributed by atoms with E-state index in [1.807, 2.05) is 14.0 Å². The van der Waals surface area contributed by atoms with Crippen LogP contribution in [0.25, 0.3) is 0 Å². The first-order chi connectivity index (χ1) is 15.8. The Kier molecular flexibility index (Phi) is 5.44. The molecule has 0 amide bonds. The maximum absolute atomic E-state index is 9.62. The highest BCUT2D eigenvalue weighted by atomic mass is 16.5. The average Bonchev–Trinajstić information content (AvgIpc) is 3.13. The second-order valence-corrected chi connectivity index (χ2v) is 10.4. The van der Waals surface area contributed by atoms with Gasteiger partial charge in [-0.3, -0.25) is 4.68 Å². The van der Waals surface area contributed by atoms with Gasteiger partial charge in [0.25, 0.3) is 0 Å². The van der Waals surface area contributed by atoms with Crippen LogP contribution in [0.2, 0.25) is 0 Å². The summed E-state index contributed by atoms with van der Waals surface area (Å²) in [5, 5.41) is 26.0. The third-order valence-electron chi connectivity index (χ3n) is 8.37. The fourth-order valence-electron chi connectivity index (χ4n) is 6.25. The molecule has 1 aliphatic heterocycles. The van der Waals surface area contributed by atoms with Gasteiger partial charge in [0.05, 0.1) is 11.4 Å². The van der Waals surface area contributed by atoms with E-state index in [4.69, 9.17) is 15.5 Å². The molecule has 4 N–H and O–H groups in total. The minimum absolute atomic E-state index is 0. The Bertz CT molecular complexity index is 1070. The number of aromatic nitrogens is 4. The smallest absolute Gasteiger partial charge is 0.156 e. The van der Waals surface area contributed by atoms with Gasteiger partial charge in [-0.1, -0.05) is 0 Å². The SMILES string of the molecule is CNc1c(C(C)=N)nc(C)nc1N1CCc2c(c(C)nn2CC23CCC(NO)(CC2)CC3)C1.[HH]. The highest BCUT2D eigenvalue weighted by molar-refractivity contribution is 6.01. The lowest BCUT2D eigenvalue weighted by Crippen LogP contribution is -2.54. The number of nitrogens with zero attached hydrogens (tertiary/aromatic N) is 5. The molecule has 0 unspecified atom stereocenters. The van der Waals surface area contributed by atoms with Crippen LogP contribution in [-0.4, -0.2) is 49.8 Å². The molecule has 33 heavy (non-hydrogen) atoms. The lowest BCUT2D eigenvalue weighted by Gasteiger charge is -2.52. The first kappa shape index (κ1) is 22.3. The lowest BCUT2D eigenvalue weighted by atomic mass is 9.57. The summed E-state index contributed by atoms with van der Waals surface area (Å²) >= 11 is 0. The zero-order valence-electron chi connectivity index (χ0n) is 20.3. The van der Waals surface area contributed by atoms with Gasteiger partial charge in [0.15, 0.2) is 5.82 Å². The lowest BCUT2D eigenvalue weighted by molar-refractivity contribution is -0.0553. The number of hydroxylamine groups is 1. The van der Waals surface area contributed by atoms with Gasteiger partial charge in [0, 0.05) is 51.3 Å². The molecule has 3 aliphatic carbocycles. The Hall–Kier alpha value is -2.52. The van der Waals surface area contributed by atoms with Crippen molar-refractivity contribution < 1.29 is 6.63 Å². The molecule has 3 fully saturated rings. The highest BCUT2D eigenvalue weighted by Gasteiger charge is 2.49. The third kappa shape index (κ3) is 3.71. The number of hydrogen-bond acceptors (Lipinski definition) is 8. The molecule has 6 rings (SSSR count). The van der Waals surface area contributed by atoms with Crippen molar-refractivity contribution in [3.8, 4) is 0 Å². The van der Waals surface area contributed by atoms with Crippen molar-refractivity contribution in [3.05, 3.63) is 28.5 Å². The van der Waals surface area contributed by atoms with Gasteiger partial charge in [-0.2, -0.15) is 10.6 Å². The topological polar surface area (TPSA) is 115 Å². The van der Waals surface area contributed by atoms with E-state index in [9.17, 15) is 5.21 Å². The van der Waals surface area contributed by atoms with E-state index in [0.717, 1.165) is 81.8 Å². The summed E-state index contributed by atoms with van der Waals surface area (Å²) in [6.45, 7) is 8.40. The highest BCUT2D eigenvalue weighted by Crippen LogP contribution is 2.53. The van der Waals surface area contributed by atoms with Gasteiger partial charge in [0.2, 0.25) is 0 Å². The molecule has 9 heteroatoms. The van der Waals surface area contributed by atoms with Crippen LogP contribution in [0.3, 0.4) is 0 Å². The summed E-state index contributed by atoms with van der Waals surface area (Å²) in [4.78, 5) is 11.6. The van der Waals surface area contributed by atoms with Gasteiger partial charge in [-0.25, -0.2) is 9.97 Å². The molecule has 0 aromatic carbocycles. The van der Waals surface area contributed by atoms with E-state index in [2.05, 4.69) is 32.3 Å². The summed E-state index contributed by atoms with van der Waals surface area (Å²) in [7, 11) is 1.87. The van der Waals surface area contributed by atoms with Crippen molar-refractivity contribution >= 4 is 17.2 Å². The Morgan fingerprint density at radius 2 is 1.85 bits per heavy atom. The second-order valence-electron chi connectivity index (χ2n) is 10.4. The van der Waals surface area contributed by atoms with Crippen molar-refractivity contribution in [1.82, 2.24) is 25.2 Å². The van der Waals surface area contributed by atoms with E-state index in [1.54, 1.807) is 6.92 Å². The molecule has 0 saturated heterocycles. The molecule has 180 valence electrons. The molecular weight excluding hydrogens is 416 g/mol. The third-order valence-corrected chi connectivity index (χ3v) is 8.37. The van der Waals surface area contributed by atoms with E-state index >= 15 is 0 Å². The second kappa shape index (κ2) is 8.06. The number of fused-ring (bicyclic) bond motifs is 4. The fraction of sp³-hybridized carbons (Fsp3) is 0.667. The van der Waals surface area contributed by atoms with E-state index < -0.39 is 0 Å². The number of rotatable bonds is 6. The van der Waals surface area contributed by atoms with E-state index in [0.29, 0.717) is 22.6 Å². The van der Waals surface area contributed by atoms with Crippen LogP contribution >= 0.6 is 0 Å². The zero-order chi connectivity index (χ0) is 23.4. The quantitative estimate of drug-likeness (QED) is 0.389. The normalized spacial score (nSPS) is 26.4. The van der Waals surface area contributed by atoms with Gasteiger partial charge in [-0.05, 0) is 64.7 Å². The van der Waals surface area contributed by atoms with Crippen molar-refractivity contribution in [1.29, 1.82) is 5.41 Å². The van der Waals surface area contributed by atoms with Crippen molar-refractivity contribution in [2.45, 2.75) is 84.3 Å². The Morgan fingerprint density at radius 3 is 2.45 bits per heavy atom. The Balaban J connectivity index is 0.00000274. The molecule has 4 aliphatic rings. The summed E-state index contributed by atoms with van der Waals surface area (Å²) < 4.78 is 2.30. The van der Waals surface area contributed by atoms with Crippen molar-refractivity contribution in [2.24, 2.45) is 5.41 Å². The van der Waals surface area contributed by atoms with Crippen LogP contribution in [0.15, 0.2) is 0 Å². The average molecular weight is 455 g/mol. The predicted octanol–water partition coefficient (Wildman–Crippen LogP) is 3.60. The molecule has 9 nitrogen and oxygen atoms in total. The first-order valence-corrected chi connectivity index (χ1v) is 12.1. The van der Waals surface area contributed by atoms with Crippen LogP contribution in [0.5, 0.6) is 0 Å². The van der Waals surface area contributed by atoms with Gasteiger partial charge < -0.3 is 20.8 Å². The summed E-state index contributed by atoms with van der Waals surface area (Å²) in [6.07, 6.45) is 7.53. The van der Waals surface area contributed by atoms with Crippen LogP contribution in [0.1, 0.15) is 75.3 Å².